The molecule has 1 amide bonds. The van der Waals surface area contributed by atoms with Crippen LogP contribution in [0.3, 0.4) is 0 Å². The number of likely N-dealkylation sites (tertiary alicyclic amines) is 1. The lowest BCUT2D eigenvalue weighted by Crippen LogP contribution is -2.40. The van der Waals surface area contributed by atoms with Gasteiger partial charge in [0, 0.05) is 0 Å². The third-order valence-corrected chi connectivity index (χ3v) is 6.50. The molecule has 4 atom stereocenters. The van der Waals surface area contributed by atoms with Crippen LogP contribution in [-0.4, -0.2) is 41.6 Å². The monoisotopic (exact) mass is 417 g/mol. The number of carbonyl (C=O) groups is 2. The van der Waals surface area contributed by atoms with Crippen molar-refractivity contribution in [1.29, 1.82) is 0 Å². The van der Waals surface area contributed by atoms with Crippen LogP contribution in [0.25, 0.3) is 0 Å². The first-order valence-electron chi connectivity index (χ1n) is 10.9. The minimum Gasteiger partial charge on any atom is -0.465 e. The molecule has 2 bridgehead atoms. The van der Waals surface area contributed by atoms with Crippen LogP contribution in [-0.2, 0) is 19.1 Å². The molecule has 2 aromatic rings. The van der Waals surface area contributed by atoms with Crippen molar-refractivity contribution in [2.75, 3.05) is 13.2 Å². The highest BCUT2D eigenvalue weighted by Gasteiger charge is 2.68. The fraction of sp³-hybridized carbons (Fsp3) is 0.385. The Hall–Kier alpha value is -2.92. The molecule has 3 aliphatic heterocycles. The molecule has 0 unspecified atom stereocenters. The highest BCUT2D eigenvalue weighted by atomic mass is 16.6. The number of esters is 1. The summed E-state index contributed by atoms with van der Waals surface area (Å²) in [6.07, 6.45) is 3.52. The maximum Gasteiger partial charge on any atom is 0.312 e. The molecule has 0 aromatic heterocycles. The van der Waals surface area contributed by atoms with Gasteiger partial charge in [-0.1, -0.05) is 86.7 Å². The van der Waals surface area contributed by atoms with Crippen molar-refractivity contribution >= 4 is 11.9 Å². The lowest BCUT2D eigenvalue weighted by molar-refractivity contribution is -0.155. The van der Waals surface area contributed by atoms with Gasteiger partial charge in [-0.2, -0.15) is 0 Å². The van der Waals surface area contributed by atoms with Crippen LogP contribution < -0.4 is 0 Å². The van der Waals surface area contributed by atoms with Gasteiger partial charge in [0.25, 0.3) is 0 Å². The summed E-state index contributed by atoms with van der Waals surface area (Å²) in [5.41, 5.74) is 1.32. The van der Waals surface area contributed by atoms with E-state index in [9.17, 15) is 9.59 Å². The SMILES string of the molecule is CC(C)COC(=O)[C@@H]1[C@H]2C(=O)N(C(c3ccccc3)c3ccccc3)C[C@@]23C=C[C@H]1O3. The van der Waals surface area contributed by atoms with Crippen LogP contribution >= 0.6 is 0 Å². The molecule has 5 rings (SSSR count). The first kappa shape index (κ1) is 20.0. The van der Waals surface area contributed by atoms with Gasteiger partial charge in [0.05, 0.1) is 31.2 Å². The summed E-state index contributed by atoms with van der Waals surface area (Å²) in [4.78, 5) is 28.6. The van der Waals surface area contributed by atoms with Crippen LogP contribution in [0.1, 0.15) is 31.0 Å². The number of rotatable bonds is 6. The summed E-state index contributed by atoms with van der Waals surface area (Å²) in [6.45, 7) is 4.77. The van der Waals surface area contributed by atoms with E-state index in [1.807, 2.05) is 91.6 Å². The van der Waals surface area contributed by atoms with Crippen molar-refractivity contribution in [2.24, 2.45) is 17.8 Å². The van der Waals surface area contributed by atoms with Gasteiger partial charge in [-0.05, 0) is 17.0 Å². The van der Waals surface area contributed by atoms with E-state index in [0.717, 1.165) is 11.1 Å². The molecule has 3 heterocycles. The Bertz CT molecular complexity index is 963. The maximum atomic E-state index is 13.8. The zero-order valence-electron chi connectivity index (χ0n) is 17.8. The Kier molecular flexibility index (Phi) is 4.94. The second kappa shape index (κ2) is 7.65. The normalized spacial score (nSPS) is 28.6. The predicted molar refractivity (Wildman–Crippen MR) is 116 cm³/mol. The van der Waals surface area contributed by atoms with E-state index >= 15 is 0 Å². The quantitative estimate of drug-likeness (QED) is 0.531. The Morgan fingerprint density at radius 3 is 2.29 bits per heavy atom. The van der Waals surface area contributed by atoms with E-state index in [0.29, 0.717) is 13.2 Å². The van der Waals surface area contributed by atoms with Crippen LogP contribution in [0.2, 0.25) is 0 Å². The smallest absolute Gasteiger partial charge is 0.312 e. The molecule has 0 N–H and O–H groups in total. The molecular weight excluding hydrogens is 390 g/mol. The molecule has 2 saturated heterocycles. The minimum absolute atomic E-state index is 0.0453. The van der Waals surface area contributed by atoms with Gasteiger partial charge in [-0.15, -0.1) is 0 Å². The molecule has 0 radical (unpaired) electrons. The number of ether oxygens (including phenoxy) is 2. The van der Waals surface area contributed by atoms with Crippen molar-refractivity contribution in [3.8, 4) is 0 Å². The molecule has 0 aliphatic carbocycles. The molecule has 5 heteroatoms. The maximum absolute atomic E-state index is 13.8. The summed E-state index contributed by atoms with van der Waals surface area (Å²) in [5, 5.41) is 0. The third-order valence-electron chi connectivity index (χ3n) is 6.50. The van der Waals surface area contributed by atoms with Crippen LogP contribution in [0, 0.1) is 17.8 Å². The summed E-state index contributed by atoms with van der Waals surface area (Å²) in [6, 6.07) is 19.8. The van der Waals surface area contributed by atoms with E-state index in [-0.39, 0.29) is 29.9 Å². The van der Waals surface area contributed by atoms with E-state index < -0.39 is 17.4 Å². The van der Waals surface area contributed by atoms with E-state index in [1.54, 1.807) is 0 Å². The van der Waals surface area contributed by atoms with Crippen molar-refractivity contribution in [3.63, 3.8) is 0 Å². The van der Waals surface area contributed by atoms with E-state index in [2.05, 4.69) is 0 Å². The Labute approximate surface area is 182 Å². The lowest BCUT2D eigenvalue weighted by atomic mass is 9.77. The molecule has 160 valence electrons. The highest BCUT2D eigenvalue weighted by Crippen LogP contribution is 2.54. The van der Waals surface area contributed by atoms with Gasteiger partial charge in [-0.3, -0.25) is 9.59 Å². The molecule has 5 nitrogen and oxygen atoms in total. The summed E-state index contributed by atoms with van der Waals surface area (Å²) >= 11 is 0. The number of hydrogen-bond donors (Lipinski definition) is 0. The van der Waals surface area contributed by atoms with Gasteiger partial charge in [-0.25, -0.2) is 0 Å². The Morgan fingerprint density at radius 2 is 1.71 bits per heavy atom. The van der Waals surface area contributed by atoms with Gasteiger partial charge in [0.1, 0.15) is 11.5 Å². The van der Waals surface area contributed by atoms with Crippen molar-refractivity contribution in [2.45, 2.75) is 31.6 Å². The van der Waals surface area contributed by atoms with Crippen molar-refractivity contribution < 1.29 is 19.1 Å². The third kappa shape index (κ3) is 3.28. The second-order valence-corrected chi connectivity index (χ2v) is 9.11. The number of nitrogens with zero attached hydrogens (tertiary/aromatic N) is 1. The highest BCUT2D eigenvalue weighted by molar-refractivity contribution is 5.91. The van der Waals surface area contributed by atoms with Gasteiger partial charge in [0.15, 0.2) is 0 Å². The van der Waals surface area contributed by atoms with E-state index in [1.165, 1.54) is 0 Å². The number of hydrogen-bond acceptors (Lipinski definition) is 4. The summed E-state index contributed by atoms with van der Waals surface area (Å²) < 4.78 is 11.8. The second-order valence-electron chi connectivity index (χ2n) is 9.11. The van der Waals surface area contributed by atoms with Gasteiger partial charge >= 0.3 is 5.97 Å². The van der Waals surface area contributed by atoms with Gasteiger partial charge in [0.2, 0.25) is 5.91 Å². The van der Waals surface area contributed by atoms with E-state index in [4.69, 9.17) is 9.47 Å². The first-order chi connectivity index (χ1) is 15.0. The molecule has 2 aromatic carbocycles. The first-order valence-corrected chi connectivity index (χ1v) is 10.9. The number of carbonyl (C=O) groups excluding carboxylic acids is 2. The fourth-order valence-corrected chi connectivity index (χ4v) is 5.18. The van der Waals surface area contributed by atoms with Crippen LogP contribution in [0.4, 0.5) is 0 Å². The number of fused-ring (bicyclic) bond motifs is 1. The molecule has 31 heavy (non-hydrogen) atoms. The average Bonchev–Trinajstić information content (AvgIpc) is 3.42. The average molecular weight is 418 g/mol. The van der Waals surface area contributed by atoms with Crippen molar-refractivity contribution in [1.82, 2.24) is 4.90 Å². The summed E-state index contributed by atoms with van der Waals surface area (Å²) in [5.74, 6) is -1.27. The van der Waals surface area contributed by atoms with Crippen LogP contribution in [0.5, 0.6) is 0 Å². The zero-order chi connectivity index (χ0) is 21.6. The Balaban J connectivity index is 1.50. The van der Waals surface area contributed by atoms with Crippen LogP contribution in [0.15, 0.2) is 72.8 Å². The number of amides is 1. The predicted octanol–water partition coefficient (Wildman–Crippen LogP) is 3.76. The molecule has 0 saturated carbocycles. The number of benzene rings is 2. The molecule has 3 aliphatic rings. The fourth-order valence-electron chi connectivity index (χ4n) is 5.18. The molecule has 2 fully saturated rings. The minimum atomic E-state index is -0.759. The Morgan fingerprint density at radius 1 is 1.10 bits per heavy atom. The topological polar surface area (TPSA) is 55.8 Å². The van der Waals surface area contributed by atoms with Gasteiger partial charge < -0.3 is 14.4 Å². The summed E-state index contributed by atoms with van der Waals surface area (Å²) in [7, 11) is 0. The standard InChI is InChI=1S/C26H27NO4/c1-17(2)15-30-25(29)21-20-13-14-26(31-20)16-27(24(28)22(21)26)23(18-9-5-3-6-10-18)19-11-7-4-8-12-19/h3-14,17,20-23H,15-16H2,1-2H3/t20-,21+,22+,26+/m1/s1. The molecular formula is C26H27NO4. The van der Waals surface area contributed by atoms with Crippen molar-refractivity contribution in [3.05, 3.63) is 83.9 Å². The lowest BCUT2D eigenvalue weighted by Gasteiger charge is -2.31. The molecule has 1 spiro atoms. The zero-order valence-corrected chi connectivity index (χ0v) is 17.8. The largest absolute Gasteiger partial charge is 0.465 e.